The Morgan fingerprint density at radius 1 is 0.871 bits per heavy atom. The van der Waals surface area contributed by atoms with Gasteiger partial charge in [0.15, 0.2) is 11.5 Å². The van der Waals surface area contributed by atoms with E-state index in [0.717, 1.165) is 51.8 Å². The molecule has 0 aromatic heterocycles. The number of para-hydroxylation sites is 1. The summed E-state index contributed by atoms with van der Waals surface area (Å²) in [7, 11) is 5.00. The van der Waals surface area contributed by atoms with Crippen LogP contribution in [0.15, 0.2) is 71.8 Å². The van der Waals surface area contributed by atoms with E-state index >= 15 is 0 Å². The van der Waals surface area contributed by atoms with E-state index in [1.807, 2.05) is 54.6 Å². The third-order valence-electron chi connectivity index (χ3n) is 5.80. The third kappa shape index (κ3) is 3.34. The minimum atomic E-state index is -0.372. The van der Waals surface area contributed by atoms with Gasteiger partial charge in [-0.25, -0.2) is 5.01 Å². The van der Waals surface area contributed by atoms with E-state index in [-0.39, 0.29) is 12.3 Å². The predicted octanol–water partition coefficient (Wildman–Crippen LogP) is 4.95. The summed E-state index contributed by atoms with van der Waals surface area (Å²) in [5.74, 6) is 3.12. The fourth-order valence-corrected chi connectivity index (χ4v) is 4.21. The lowest BCUT2D eigenvalue weighted by molar-refractivity contribution is -0.0209. The molecule has 3 aromatic rings. The molecule has 2 unspecified atom stereocenters. The first-order valence-corrected chi connectivity index (χ1v) is 10.2. The highest BCUT2D eigenvalue weighted by molar-refractivity contribution is 6.02. The van der Waals surface area contributed by atoms with E-state index in [1.54, 1.807) is 21.3 Å². The van der Waals surface area contributed by atoms with Crippen LogP contribution < -0.4 is 18.9 Å². The molecule has 5 rings (SSSR count). The Labute approximate surface area is 181 Å². The van der Waals surface area contributed by atoms with Crippen molar-refractivity contribution in [1.82, 2.24) is 5.01 Å². The Balaban J connectivity index is 1.59. The zero-order chi connectivity index (χ0) is 21.4. The molecule has 2 aliphatic rings. The summed E-state index contributed by atoms with van der Waals surface area (Å²) in [4.78, 5) is 0. The van der Waals surface area contributed by atoms with Crippen LogP contribution in [0, 0.1) is 0 Å². The molecule has 6 heteroatoms. The summed E-state index contributed by atoms with van der Waals surface area (Å²) in [5, 5.41) is 7.06. The van der Waals surface area contributed by atoms with Gasteiger partial charge in [0.05, 0.1) is 33.1 Å². The van der Waals surface area contributed by atoms with Crippen LogP contribution in [0.3, 0.4) is 0 Å². The second-order valence-electron chi connectivity index (χ2n) is 7.50. The number of hydrogen-bond donors (Lipinski definition) is 0. The largest absolute Gasteiger partial charge is 0.497 e. The van der Waals surface area contributed by atoms with E-state index in [2.05, 4.69) is 17.1 Å². The predicted molar refractivity (Wildman–Crippen MR) is 118 cm³/mol. The molecule has 6 nitrogen and oxygen atoms in total. The van der Waals surface area contributed by atoms with Crippen molar-refractivity contribution in [2.45, 2.75) is 18.7 Å². The third-order valence-corrected chi connectivity index (χ3v) is 5.80. The van der Waals surface area contributed by atoms with Crippen molar-refractivity contribution in [3.63, 3.8) is 0 Å². The van der Waals surface area contributed by atoms with Crippen molar-refractivity contribution < 1.29 is 18.9 Å². The SMILES string of the molecule is COc1ccc(C2Oc3c(OC)cccc3C3CC(c4cccc(OC)c4)=NN32)cc1. The molecule has 2 aliphatic heterocycles. The molecule has 158 valence electrons. The molecular formula is C25H24N2O4. The van der Waals surface area contributed by atoms with Crippen LogP contribution in [-0.4, -0.2) is 32.0 Å². The fraction of sp³-hybridized carbons (Fsp3) is 0.240. The molecule has 31 heavy (non-hydrogen) atoms. The van der Waals surface area contributed by atoms with Crippen LogP contribution in [0.2, 0.25) is 0 Å². The Morgan fingerprint density at radius 2 is 1.65 bits per heavy atom. The van der Waals surface area contributed by atoms with Gasteiger partial charge in [-0.2, -0.15) is 5.10 Å². The Bertz CT molecular complexity index is 1130. The summed E-state index contributed by atoms with van der Waals surface area (Å²) < 4.78 is 22.8. The van der Waals surface area contributed by atoms with Gasteiger partial charge in [-0.1, -0.05) is 24.3 Å². The average molecular weight is 416 g/mol. The first-order valence-electron chi connectivity index (χ1n) is 10.2. The minimum Gasteiger partial charge on any atom is -0.497 e. The van der Waals surface area contributed by atoms with E-state index in [4.69, 9.17) is 24.0 Å². The minimum absolute atomic E-state index is 0.0483. The monoisotopic (exact) mass is 416 g/mol. The lowest BCUT2D eigenvalue weighted by Crippen LogP contribution is -2.33. The summed E-state index contributed by atoms with van der Waals surface area (Å²) in [6, 6.07) is 22.0. The Hall–Kier alpha value is -3.67. The highest BCUT2D eigenvalue weighted by atomic mass is 16.5. The van der Waals surface area contributed by atoms with Gasteiger partial charge < -0.3 is 18.9 Å². The van der Waals surface area contributed by atoms with E-state index in [1.165, 1.54) is 0 Å². The first-order chi connectivity index (χ1) is 15.2. The standard InChI is InChI=1S/C25H24N2O4/c1-28-18-12-10-16(11-13-18)25-27-22(20-8-5-9-23(30-3)24(20)31-25)15-21(26-27)17-6-4-7-19(14-17)29-2/h4-14,22,25H,15H2,1-3H3. The molecular weight excluding hydrogens is 392 g/mol. The lowest BCUT2D eigenvalue weighted by atomic mass is 9.95. The van der Waals surface area contributed by atoms with E-state index in [9.17, 15) is 0 Å². The topological polar surface area (TPSA) is 52.5 Å². The lowest BCUT2D eigenvalue weighted by Gasteiger charge is -2.38. The van der Waals surface area contributed by atoms with Crippen LogP contribution in [0.1, 0.15) is 35.4 Å². The van der Waals surface area contributed by atoms with Crippen molar-refractivity contribution in [2.75, 3.05) is 21.3 Å². The van der Waals surface area contributed by atoms with Crippen molar-refractivity contribution in [3.05, 3.63) is 83.4 Å². The molecule has 0 saturated carbocycles. The zero-order valence-electron chi connectivity index (χ0n) is 17.7. The van der Waals surface area contributed by atoms with Crippen LogP contribution in [-0.2, 0) is 0 Å². The zero-order valence-corrected chi connectivity index (χ0v) is 17.7. The highest BCUT2D eigenvalue weighted by Crippen LogP contribution is 2.50. The maximum atomic E-state index is 6.48. The first kappa shape index (κ1) is 19.3. The van der Waals surface area contributed by atoms with Gasteiger partial charge in [-0.15, -0.1) is 0 Å². The quantitative estimate of drug-likeness (QED) is 0.589. The number of ether oxygens (including phenoxy) is 4. The van der Waals surface area contributed by atoms with Gasteiger partial charge in [0.1, 0.15) is 11.5 Å². The Kier molecular flexibility index (Phi) is 4.90. The summed E-state index contributed by atoms with van der Waals surface area (Å²) in [6.07, 6.45) is 0.395. The average Bonchev–Trinajstić information content (AvgIpc) is 3.29. The van der Waals surface area contributed by atoms with E-state index in [0.29, 0.717) is 0 Å². The smallest absolute Gasteiger partial charge is 0.214 e. The molecule has 0 amide bonds. The van der Waals surface area contributed by atoms with Crippen LogP contribution in [0.4, 0.5) is 0 Å². The van der Waals surface area contributed by atoms with Gasteiger partial charge in [0.2, 0.25) is 6.23 Å². The second kappa shape index (κ2) is 7.87. The highest BCUT2D eigenvalue weighted by Gasteiger charge is 2.42. The molecule has 0 bridgehead atoms. The summed E-state index contributed by atoms with van der Waals surface area (Å²) in [5.41, 5.74) is 4.12. The molecule has 2 atom stereocenters. The number of methoxy groups -OCH3 is 3. The van der Waals surface area contributed by atoms with Crippen LogP contribution >= 0.6 is 0 Å². The molecule has 0 N–H and O–H groups in total. The van der Waals surface area contributed by atoms with Gasteiger partial charge >= 0.3 is 0 Å². The molecule has 2 heterocycles. The maximum absolute atomic E-state index is 6.48. The normalized spacial score (nSPS) is 19.1. The molecule has 0 fully saturated rings. The molecule has 0 aliphatic carbocycles. The van der Waals surface area contributed by atoms with Gasteiger partial charge in [-0.3, -0.25) is 0 Å². The van der Waals surface area contributed by atoms with Crippen molar-refractivity contribution in [1.29, 1.82) is 0 Å². The van der Waals surface area contributed by atoms with Crippen molar-refractivity contribution in [3.8, 4) is 23.0 Å². The molecule has 0 spiro atoms. The van der Waals surface area contributed by atoms with Crippen LogP contribution in [0.25, 0.3) is 0 Å². The number of fused-ring (bicyclic) bond motifs is 3. The number of hydrazone groups is 1. The van der Waals surface area contributed by atoms with Gasteiger partial charge in [0, 0.05) is 23.1 Å². The molecule has 0 radical (unpaired) electrons. The van der Waals surface area contributed by atoms with Gasteiger partial charge in [-0.05, 0) is 42.5 Å². The number of benzene rings is 3. The maximum Gasteiger partial charge on any atom is 0.214 e. The number of nitrogens with zero attached hydrogens (tertiary/aromatic N) is 2. The number of hydrogen-bond acceptors (Lipinski definition) is 6. The summed E-state index contributed by atoms with van der Waals surface area (Å²) >= 11 is 0. The van der Waals surface area contributed by atoms with Crippen LogP contribution in [0.5, 0.6) is 23.0 Å². The fourth-order valence-electron chi connectivity index (χ4n) is 4.21. The van der Waals surface area contributed by atoms with Gasteiger partial charge in [0.25, 0.3) is 0 Å². The number of rotatable bonds is 5. The Morgan fingerprint density at radius 3 is 2.39 bits per heavy atom. The summed E-state index contributed by atoms with van der Waals surface area (Å²) in [6.45, 7) is 0. The molecule has 3 aromatic carbocycles. The molecule has 0 saturated heterocycles. The second-order valence-corrected chi connectivity index (χ2v) is 7.50. The van der Waals surface area contributed by atoms with E-state index < -0.39 is 0 Å². The van der Waals surface area contributed by atoms with Crippen molar-refractivity contribution in [2.24, 2.45) is 5.10 Å². The van der Waals surface area contributed by atoms with Crippen molar-refractivity contribution >= 4 is 5.71 Å².